The lowest BCUT2D eigenvalue weighted by atomic mass is 10.1. The summed E-state index contributed by atoms with van der Waals surface area (Å²) in [4.78, 5) is 30.0. The van der Waals surface area contributed by atoms with Crippen LogP contribution in [0.1, 0.15) is 15.9 Å². The number of benzene rings is 2. The number of oxazole rings is 1. The van der Waals surface area contributed by atoms with Crippen molar-refractivity contribution in [3.63, 3.8) is 0 Å². The molecule has 2 N–H and O–H groups in total. The molecule has 0 unspecified atom stereocenters. The van der Waals surface area contributed by atoms with E-state index in [2.05, 4.69) is 22.2 Å². The Labute approximate surface area is 208 Å². The number of carbonyl (C=O) groups is 2. The molecule has 4 rings (SSSR count). The zero-order valence-electron chi connectivity index (χ0n) is 18.4. The highest BCUT2D eigenvalue weighted by atomic mass is 35.5. The quantitative estimate of drug-likeness (QED) is 0.499. The highest BCUT2D eigenvalue weighted by Gasteiger charge is 2.38. The Morgan fingerprint density at radius 2 is 1.71 bits per heavy atom. The number of nitrogens with zero attached hydrogens (tertiary/aromatic N) is 3. The number of halogens is 5. The average Bonchev–Trinajstić information content (AvgIpc) is 3.21. The largest absolute Gasteiger partial charge is 0.490 e. The predicted octanol–water partition coefficient (Wildman–Crippen LogP) is 4.77. The molecule has 2 heterocycles. The first-order valence-corrected chi connectivity index (χ1v) is 11.1. The third kappa shape index (κ3) is 7.23. The van der Waals surface area contributed by atoms with Crippen molar-refractivity contribution in [1.82, 2.24) is 14.8 Å². The number of alkyl halides is 3. The third-order valence-electron chi connectivity index (χ3n) is 5.09. The van der Waals surface area contributed by atoms with Crippen molar-refractivity contribution in [2.24, 2.45) is 0 Å². The summed E-state index contributed by atoms with van der Waals surface area (Å²) in [5.41, 5.74) is 2.83. The molecule has 2 aromatic carbocycles. The molecule has 0 aliphatic carbocycles. The molecule has 0 spiro atoms. The second-order valence-electron chi connectivity index (χ2n) is 7.70. The van der Waals surface area contributed by atoms with E-state index in [1.807, 2.05) is 29.2 Å². The van der Waals surface area contributed by atoms with E-state index < -0.39 is 12.1 Å². The molecule has 0 saturated carbocycles. The second kappa shape index (κ2) is 11.1. The van der Waals surface area contributed by atoms with Crippen molar-refractivity contribution in [2.45, 2.75) is 12.7 Å². The monoisotopic (exact) mass is 532 g/mol. The minimum Gasteiger partial charge on any atom is -0.475 e. The molecule has 0 bridgehead atoms. The Hall–Kier alpha value is -3.02. The van der Waals surface area contributed by atoms with Gasteiger partial charge in [0.05, 0.1) is 5.02 Å². The number of hydrogen-bond donors (Lipinski definition) is 2. The lowest BCUT2D eigenvalue weighted by molar-refractivity contribution is -0.192. The Kier molecular flexibility index (Phi) is 8.47. The molecule has 1 aliphatic rings. The standard InChI is InChI=1S/C20H20Cl2N4O2.C2HF3O2/c1-25-6-8-26(9-7-25)19(27)14-4-2-13(3-5-14)12-23-20-24-17-11-15(21)10-16(22)18(17)28-20;3-2(4,5)1(6)7/h2-5,10-11H,6-9,12H2,1H3,(H,23,24);(H,6,7). The summed E-state index contributed by atoms with van der Waals surface area (Å²) in [5, 5.41) is 11.2. The number of carboxylic acids is 1. The fourth-order valence-electron chi connectivity index (χ4n) is 3.17. The Bertz CT molecular complexity index is 1190. The highest BCUT2D eigenvalue weighted by Crippen LogP contribution is 2.30. The van der Waals surface area contributed by atoms with Crippen molar-refractivity contribution >= 4 is 52.2 Å². The molecule has 0 radical (unpaired) electrons. The van der Waals surface area contributed by atoms with E-state index in [0.717, 1.165) is 31.7 Å². The first kappa shape index (κ1) is 26.6. The number of carboxylic acid groups (broad SMARTS) is 1. The maximum Gasteiger partial charge on any atom is 0.490 e. The van der Waals surface area contributed by atoms with Gasteiger partial charge >= 0.3 is 12.1 Å². The summed E-state index contributed by atoms with van der Waals surface area (Å²) in [6, 6.07) is 11.3. The molecule has 1 fully saturated rings. The number of nitrogens with one attached hydrogen (secondary N) is 1. The Balaban J connectivity index is 0.000000429. The maximum absolute atomic E-state index is 12.6. The molecule has 13 heteroatoms. The number of aliphatic carboxylic acids is 1. The molecule has 8 nitrogen and oxygen atoms in total. The number of carbonyl (C=O) groups excluding carboxylic acids is 1. The summed E-state index contributed by atoms with van der Waals surface area (Å²) >= 11 is 12.1. The number of fused-ring (bicyclic) bond motifs is 1. The first-order chi connectivity index (χ1) is 16.4. The van der Waals surface area contributed by atoms with Crippen molar-refractivity contribution < 1.29 is 32.3 Å². The van der Waals surface area contributed by atoms with Gasteiger partial charge in [-0.2, -0.15) is 18.2 Å². The van der Waals surface area contributed by atoms with Crippen molar-refractivity contribution in [2.75, 3.05) is 38.5 Å². The summed E-state index contributed by atoms with van der Waals surface area (Å²) in [7, 11) is 2.07. The number of anilines is 1. The van der Waals surface area contributed by atoms with E-state index in [9.17, 15) is 18.0 Å². The molecular weight excluding hydrogens is 512 g/mol. The second-order valence-corrected chi connectivity index (χ2v) is 8.55. The van der Waals surface area contributed by atoms with Crippen LogP contribution in [0.5, 0.6) is 0 Å². The minimum absolute atomic E-state index is 0.0816. The van der Waals surface area contributed by atoms with Crippen LogP contribution in [0.4, 0.5) is 19.2 Å². The summed E-state index contributed by atoms with van der Waals surface area (Å²) in [5.74, 6) is -2.68. The van der Waals surface area contributed by atoms with Crippen molar-refractivity contribution in [1.29, 1.82) is 0 Å². The molecule has 0 atom stereocenters. The normalized spacial score (nSPS) is 14.4. The fraction of sp³-hybridized carbons (Fsp3) is 0.318. The van der Waals surface area contributed by atoms with Gasteiger partial charge in [0.1, 0.15) is 5.52 Å². The maximum atomic E-state index is 12.6. The Morgan fingerprint density at radius 1 is 1.11 bits per heavy atom. The van der Waals surface area contributed by atoms with Crippen LogP contribution < -0.4 is 5.32 Å². The molecule has 1 aromatic heterocycles. The van der Waals surface area contributed by atoms with Gasteiger partial charge in [0.15, 0.2) is 5.58 Å². The van der Waals surface area contributed by atoms with Gasteiger partial charge < -0.3 is 24.6 Å². The van der Waals surface area contributed by atoms with Crippen LogP contribution in [0.25, 0.3) is 11.1 Å². The van der Waals surface area contributed by atoms with Crippen molar-refractivity contribution in [3.05, 3.63) is 57.6 Å². The molecule has 3 aromatic rings. The molecule has 35 heavy (non-hydrogen) atoms. The topological polar surface area (TPSA) is 98.9 Å². The Morgan fingerprint density at radius 3 is 2.29 bits per heavy atom. The van der Waals surface area contributed by atoms with Gasteiger partial charge in [0.2, 0.25) is 0 Å². The number of amides is 1. The lowest BCUT2D eigenvalue weighted by Crippen LogP contribution is -2.47. The number of likely N-dealkylation sites (N-methyl/N-ethyl adjacent to an activating group) is 1. The van der Waals surface area contributed by atoms with Gasteiger partial charge in [0.25, 0.3) is 11.9 Å². The summed E-state index contributed by atoms with van der Waals surface area (Å²) < 4.78 is 37.4. The minimum atomic E-state index is -5.08. The smallest absolute Gasteiger partial charge is 0.475 e. The number of hydrogen-bond acceptors (Lipinski definition) is 6. The molecule has 188 valence electrons. The van der Waals surface area contributed by atoms with E-state index in [4.69, 9.17) is 37.5 Å². The van der Waals surface area contributed by atoms with Gasteiger partial charge in [0, 0.05) is 43.3 Å². The van der Waals surface area contributed by atoms with E-state index >= 15 is 0 Å². The van der Waals surface area contributed by atoms with Gasteiger partial charge in [-0.1, -0.05) is 35.3 Å². The van der Waals surface area contributed by atoms with E-state index in [-0.39, 0.29) is 5.91 Å². The number of piperazine rings is 1. The van der Waals surface area contributed by atoms with Gasteiger partial charge in [-0.05, 0) is 36.9 Å². The van der Waals surface area contributed by atoms with Crippen LogP contribution in [0.15, 0.2) is 40.8 Å². The van der Waals surface area contributed by atoms with E-state index in [0.29, 0.717) is 39.3 Å². The molecule has 1 saturated heterocycles. The molecule has 1 amide bonds. The average molecular weight is 533 g/mol. The number of aromatic nitrogens is 1. The van der Waals surface area contributed by atoms with E-state index in [1.54, 1.807) is 12.1 Å². The zero-order chi connectivity index (χ0) is 25.8. The zero-order valence-corrected chi connectivity index (χ0v) is 19.9. The van der Waals surface area contributed by atoms with Gasteiger partial charge in [-0.3, -0.25) is 4.79 Å². The number of rotatable bonds is 4. The van der Waals surface area contributed by atoms with Crippen LogP contribution in [0, 0.1) is 0 Å². The van der Waals surface area contributed by atoms with Crippen LogP contribution >= 0.6 is 23.2 Å². The van der Waals surface area contributed by atoms with Crippen LogP contribution in [-0.4, -0.2) is 71.2 Å². The first-order valence-electron chi connectivity index (χ1n) is 10.3. The van der Waals surface area contributed by atoms with Gasteiger partial charge in [-0.25, -0.2) is 4.79 Å². The van der Waals surface area contributed by atoms with Crippen molar-refractivity contribution in [3.8, 4) is 0 Å². The molecular formula is C22H21Cl2F3N4O4. The SMILES string of the molecule is CN1CCN(C(=O)c2ccc(CNc3nc4cc(Cl)cc(Cl)c4o3)cc2)CC1.O=C(O)C(F)(F)F. The van der Waals surface area contributed by atoms with Crippen LogP contribution in [-0.2, 0) is 11.3 Å². The lowest BCUT2D eigenvalue weighted by Gasteiger charge is -2.32. The van der Waals surface area contributed by atoms with E-state index in [1.165, 1.54) is 0 Å². The third-order valence-corrected chi connectivity index (χ3v) is 5.59. The van der Waals surface area contributed by atoms with Gasteiger partial charge in [-0.15, -0.1) is 0 Å². The molecule has 1 aliphatic heterocycles. The predicted molar refractivity (Wildman–Crippen MR) is 125 cm³/mol. The van der Waals surface area contributed by atoms with Crippen LogP contribution in [0.2, 0.25) is 10.0 Å². The summed E-state index contributed by atoms with van der Waals surface area (Å²) in [6.07, 6.45) is -5.08. The van der Waals surface area contributed by atoms with Crippen LogP contribution in [0.3, 0.4) is 0 Å². The fourth-order valence-corrected chi connectivity index (χ4v) is 3.69. The highest BCUT2D eigenvalue weighted by molar-refractivity contribution is 6.38. The summed E-state index contributed by atoms with van der Waals surface area (Å²) in [6.45, 7) is 3.87.